The van der Waals surface area contributed by atoms with E-state index in [1.54, 1.807) is 13.3 Å². The van der Waals surface area contributed by atoms with Crippen molar-refractivity contribution in [2.45, 2.75) is 51.1 Å². The number of hydrogen-bond donors (Lipinski definition) is 2. The van der Waals surface area contributed by atoms with E-state index in [9.17, 15) is 9.59 Å². The smallest absolute Gasteiger partial charge is 0.307 e. The lowest BCUT2D eigenvalue weighted by atomic mass is 10.1. The monoisotopic (exact) mass is 361 g/mol. The van der Waals surface area contributed by atoms with Crippen molar-refractivity contribution in [1.82, 2.24) is 20.1 Å². The van der Waals surface area contributed by atoms with Crippen LogP contribution in [0.4, 0.5) is 10.5 Å². The summed E-state index contributed by atoms with van der Waals surface area (Å²) < 4.78 is 1.88. The molecule has 25 heavy (non-hydrogen) atoms. The van der Waals surface area contributed by atoms with Gasteiger partial charge in [0.15, 0.2) is 5.16 Å². The lowest BCUT2D eigenvalue weighted by Crippen LogP contribution is -2.39. The van der Waals surface area contributed by atoms with E-state index in [4.69, 9.17) is 0 Å². The first-order chi connectivity index (χ1) is 11.8. The van der Waals surface area contributed by atoms with Gasteiger partial charge in [-0.25, -0.2) is 4.79 Å². The Bertz CT molecular complexity index is 772. The van der Waals surface area contributed by atoms with Gasteiger partial charge in [-0.1, -0.05) is 29.5 Å². The largest absolute Gasteiger partial charge is 0.325 e. The maximum Gasteiger partial charge on any atom is 0.325 e. The fourth-order valence-electron chi connectivity index (χ4n) is 2.20. The number of nitrogens with zero attached hydrogens (tertiary/aromatic N) is 3. The molecule has 1 atom stereocenters. The maximum atomic E-state index is 12.2. The first-order valence-corrected chi connectivity index (χ1v) is 8.91. The first kappa shape index (κ1) is 19.0. The number of anilines is 1. The molecule has 2 aromatic rings. The van der Waals surface area contributed by atoms with Crippen LogP contribution in [0.25, 0.3) is 0 Å². The number of thioether (sulfide) groups is 1. The molecule has 1 aromatic heterocycles. The molecule has 0 saturated carbocycles. The lowest BCUT2D eigenvalue weighted by molar-refractivity contribution is -0.119. The van der Waals surface area contributed by atoms with Crippen LogP contribution < -0.4 is 10.6 Å². The Morgan fingerprint density at radius 1 is 1.20 bits per heavy atom. The summed E-state index contributed by atoms with van der Waals surface area (Å²) in [6, 6.07) is 5.34. The third kappa shape index (κ3) is 5.06. The van der Waals surface area contributed by atoms with E-state index in [0.717, 1.165) is 11.1 Å². The minimum Gasteiger partial charge on any atom is -0.307 e. The van der Waals surface area contributed by atoms with Crippen LogP contribution >= 0.6 is 11.8 Å². The molecule has 0 aliphatic heterocycles. The number of amides is 3. The second kappa shape index (κ2) is 8.15. The molecule has 1 aromatic carbocycles. The van der Waals surface area contributed by atoms with E-state index in [1.165, 1.54) is 11.8 Å². The van der Waals surface area contributed by atoms with Crippen molar-refractivity contribution in [1.29, 1.82) is 0 Å². The zero-order valence-corrected chi connectivity index (χ0v) is 15.8. The van der Waals surface area contributed by atoms with Crippen molar-refractivity contribution in [3.63, 3.8) is 0 Å². The van der Waals surface area contributed by atoms with Crippen molar-refractivity contribution in [3.05, 3.63) is 35.7 Å². The molecule has 2 N–H and O–H groups in total. The van der Waals surface area contributed by atoms with Gasteiger partial charge in [-0.2, -0.15) is 0 Å². The van der Waals surface area contributed by atoms with Crippen molar-refractivity contribution in [2.24, 2.45) is 0 Å². The van der Waals surface area contributed by atoms with E-state index >= 15 is 0 Å². The Morgan fingerprint density at radius 2 is 1.92 bits per heavy atom. The molecule has 0 bridgehead atoms. The van der Waals surface area contributed by atoms with Gasteiger partial charge >= 0.3 is 6.03 Å². The molecule has 8 heteroatoms. The summed E-state index contributed by atoms with van der Waals surface area (Å²) in [6.07, 6.45) is 1.63. The van der Waals surface area contributed by atoms with Crippen LogP contribution in [0.1, 0.15) is 37.9 Å². The first-order valence-electron chi connectivity index (χ1n) is 8.03. The van der Waals surface area contributed by atoms with Crippen LogP contribution in [0.3, 0.4) is 0 Å². The summed E-state index contributed by atoms with van der Waals surface area (Å²) in [7, 11) is 0. The van der Waals surface area contributed by atoms with Gasteiger partial charge in [-0.3, -0.25) is 10.1 Å². The predicted octanol–water partition coefficient (Wildman–Crippen LogP) is 3.30. The number of hydrogen-bond acceptors (Lipinski definition) is 5. The second-order valence-electron chi connectivity index (χ2n) is 6.14. The molecule has 0 aliphatic carbocycles. The van der Waals surface area contributed by atoms with Gasteiger partial charge in [-0.05, 0) is 46.2 Å². The van der Waals surface area contributed by atoms with Gasteiger partial charge in [0, 0.05) is 11.7 Å². The van der Waals surface area contributed by atoms with E-state index in [0.29, 0.717) is 10.8 Å². The van der Waals surface area contributed by atoms with Gasteiger partial charge in [0.05, 0.1) is 5.25 Å². The molecule has 1 unspecified atom stereocenters. The fourth-order valence-corrected chi connectivity index (χ4v) is 3.16. The van der Waals surface area contributed by atoms with E-state index in [1.807, 2.05) is 50.5 Å². The maximum absolute atomic E-state index is 12.2. The fraction of sp³-hybridized carbons (Fsp3) is 0.412. The summed E-state index contributed by atoms with van der Waals surface area (Å²) in [5, 5.41) is 13.1. The SMILES string of the molecule is Cc1ccc(NC(=O)NC(=O)C(C)Sc2nncn2C(C)C)c(C)c1. The van der Waals surface area contributed by atoms with Gasteiger partial charge in [0.1, 0.15) is 6.33 Å². The zero-order valence-electron chi connectivity index (χ0n) is 15.0. The van der Waals surface area contributed by atoms with Gasteiger partial charge in [0.25, 0.3) is 0 Å². The zero-order chi connectivity index (χ0) is 18.6. The lowest BCUT2D eigenvalue weighted by Gasteiger charge is -2.14. The minimum atomic E-state index is -0.547. The molecule has 134 valence electrons. The van der Waals surface area contributed by atoms with Gasteiger partial charge in [-0.15, -0.1) is 10.2 Å². The molecular weight excluding hydrogens is 338 g/mol. The van der Waals surface area contributed by atoms with E-state index in [2.05, 4.69) is 20.8 Å². The highest BCUT2D eigenvalue weighted by atomic mass is 32.2. The topological polar surface area (TPSA) is 88.9 Å². The van der Waals surface area contributed by atoms with Crippen molar-refractivity contribution in [3.8, 4) is 0 Å². The molecule has 0 fully saturated rings. The predicted molar refractivity (Wildman–Crippen MR) is 98.8 cm³/mol. The molecule has 1 heterocycles. The van der Waals surface area contributed by atoms with Gasteiger partial charge < -0.3 is 9.88 Å². The number of aryl methyl sites for hydroxylation is 2. The van der Waals surface area contributed by atoms with Crippen molar-refractivity contribution >= 4 is 29.4 Å². The van der Waals surface area contributed by atoms with Crippen LogP contribution in [0.15, 0.2) is 29.7 Å². The van der Waals surface area contributed by atoms with Gasteiger partial charge in [0.2, 0.25) is 5.91 Å². The van der Waals surface area contributed by atoms with Crippen LogP contribution in [0, 0.1) is 13.8 Å². The van der Waals surface area contributed by atoms with Crippen LogP contribution in [-0.4, -0.2) is 32.0 Å². The molecule has 3 amide bonds. The Kier molecular flexibility index (Phi) is 6.19. The minimum absolute atomic E-state index is 0.195. The third-order valence-electron chi connectivity index (χ3n) is 3.61. The molecule has 0 radical (unpaired) electrons. The number of imide groups is 1. The Morgan fingerprint density at radius 3 is 2.56 bits per heavy atom. The Hall–Kier alpha value is -2.35. The normalized spacial score (nSPS) is 12.1. The number of rotatable bonds is 5. The third-order valence-corrected chi connectivity index (χ3v) is 4.69. The van der Waals surface area contributed by atoms with Crippen LogP contribution in [-0.2, 0) is 4.79 Å². The average molecular weight is 361 g/mol. The number of benzene rings is 1. The molecule has 7 nitrogen and oxygen atoms in total. The number of urea groups is 1. The quantitative estimate of drug-likeness (QED) is 0.798. The number of aromatic nitrogens is 3. The summed E-state index contributed by atoms with van der Waals surface area (Å²) in [4.78, 5) is 24.3. The summed E-state index contributed by atoms with van der Waals surface area (Å²) in [5.41, 5.74) is 2.73. The highest BCUT2D eigenvalue weighted by Crippen LogP contribution is 2.23. The van der Waals surface area contributed by atoms with Crippen molar-refractivity contribution < 1.29 is 9.59 Å². The highest BCUT2D eigenvalue weighted by Gasteiger charge is 2.20. The van der Waals surface area contributed by atoms with Crippen LogP contribution in [0.2, 0.25) is 0 Å². The van der Waals surface area contributed by atoms with Crippen molar-refractivity contribution in [2.75, 3.05) is 5.32 Å². The standard InChI is InChI=1S/C17H23N5O2S/c1-10(2)22-9-18-21-17(22)25-13(5)15(23)20-16(24)19-14-7-6-11(3)8-12(14)4/h6-10,13H,1-5H3,(H2,19,20,23,24). The van der Waals surface area contributed by atoms with E-state index < -0.39 is 11.3 Å². The Balaban J connectivity index is 1.94. The Labute approximate surface area is 151 Å². The number of nitrogens with one attached hydrogen (secondary N) is 2. The highest BCUT2D eigenvalue weighted by molar-refractivity contribution is 8.00. The van der Waals surface area contributed by atoms with Crippen LogP contribution in [0.5, 0.6) is 0 Å². The summed E-state index contributed by atoms with van der Waals surface area (Å²) in [5.74, 6) is -0.384. The molecule has 0 spiro atoms. The molecule has 2 rings (SSSR count). The molecular formula is C17H23N5O2S. The average Bonchev–Trinajstić information content (AvgIpc) is 2.98. The number of carbonyl (C=O) groups is 2. The van der Waals surface area contributed by atoms with E-state index in [-0.39, 0.29) is 11.9 Å². The second-order valence-corrected chi connectivity index (χ2v) is 7.44. The number of carbonyl (C=O) groups excluding carboxylic acids is 2. The molecule has 0 aliphatic rings. The summed E-state index contributed by atoms with van der Waals surface area (Å²) >= 11 is 1.26. The summed E-state index contributed by atoms with van der Waals surface area (Å²) in [6.45, 7) is 9.63. The molecule has 0 saturated heterocycles.